The predicted octanol–water partition coefficient (Wildman–Crippen LogP) is 3.95. The fraction of sp³-hybridized carbons (Fsp3) is 0.167. The molecular formula is C24H24N4O3S. The Morgan fingerprint density at radius 2 is 1.75 bits per heavy atom. The van der Waals surface area contributed by atoms with Crippen LogP contribution in [0.25, 0.3) is 11.0 Å². The number of nitrogens with zero attached hydrogens (tertiary/aromatic N) is 1. The van der Waals surface area contributed by atoms with Gasteiger partial charge in [-0.25, -0.2) is 13.4 Å². The molecule has 32 heavy (non-hydrogen) atoms. The summed E-state index contributed by atoms with van der Waals surface area (Å²) in [6.07, 6.45) is 0.525. The average molecular weight is 449 g/mol. The van der Waals surface area contributed by atoms with E-state index in [0.717, 1.165) is 22.4 Å². The molecule has 0 atom stereocenters. The molecule has 0 saturated heterocycles. The molecule has 4 aromatic rings. The lowest BCUT2D eigenvalue weighted by molar-refractivity contribution is 0.0955. The van der Waals surface area contributed by atoms with Crippen LogP contribution in [0, 0.1) is 13.8 Å². The molecular weight excluding hydrogens is 424 g/mol. The molecule has 0 spiro atoms. The minimum atomic E-state index is -3.85. The molecule has 0 aliphatic carbocycles. The van der Waals surface area contributed by atoms with Crippen LogP contribution in [0.2, 0.25) is 0 Å². The van der Waals surface area contributed by atoms with Crippen molar-refractivity contribution in [2.45, 2.75) is 25.2 Å². The molecule has 0 radical (unpaired) electrons. The number of hydrogen-bond acceptors (Lipinski definition) is 4. The van der Waals surface area contributed by atoms with E-state index in [-0.39, 0.29) is 22.1 Å². The van der Waals surface area contributed by atoms with E-state index in [1.165, 1.54) is 0 Å². The number of aryl methyl sites for hydroxylation is 2. The molecule has 0 unspecified atom stereocenters. The number of carbonyl (C=O) groups excluding carboxylic acids is 1. The molecule has 0 saturated carbocycles. The molecule has 7 nitrogen and oxygen atoms in total. The van der Waals surface area contributed by atoms with Crippen LogP contribution in [0.1, 0.15) is 27.3 Å². The van der Waals surface area contributed by atoms with Crippen LogP contribution in [0.15, 0.2) is 71.6 Å². The second-order valence-corrected chi connectivity index (χ2v) is 9.28. The van der Waals surface area contributed by atoms with Crippen molar-refractivity contribution in [3.05, 3.63) is 89.2 Å². The Kier molecular flexibility index (Phi) is 5.96. The number of fused-ring (bicyclic) bond motifs is 1. The smallest absolute Gasteiger partial charge is 0.262 e. The molecule has 3 N–H and O–H groups in total. The summed E-state index contributed by atoms with van der Waals surface area (Å²) in [6, 6.07) is 19.5. The number of benzene rings is 3. The van der Waals surface area contributed by atoms with Gasteiger partial charge in [-0.15, -0.1) is 0 Å². The van der Waals surface area contributed by atoms with Crippen molar-refractivity contribution in [3.63, 3.8) is 0 Å². The summed E-state index contributed by atoms with van der Waals surface area (Å²) in [7, 11) is -3.85. The second-order valence-electron chi connectivity index (χ2n) is 7.63. The van der Waals surface area contributed by atoms with Crippen LogP contribution in [-0.4, -0.2) is 30.8 Å². The predicted molar refractivity (Wildman–Crippen MR) is 125 cm³/mol. The summed E-state index contributed by atoms with van der Waals surface area (Å²) in [5, 5.41) is 2.84. The van der Waals surface area contributed by atoms with Crippen molar-refractivity contribution >= 4 is 32.7 Å². The number of imidazole rings is 1. The molecule has 0 fully saturated rings. The second kappa shape index (κ2) is 8.84. The fourth-order valence-corrected chi connectivity index (χ4v) is 4.89. The Labute approximate surface area is 187 Å². The highest BCUT2D eigenvalue weighted by Crippen LogP contribution is 2.23. The van der Waals surface area contributed by atoms with E-state index in [2.05, 4.69) is 20.0 Å². The number of nitrogens with one attached hydrogen (secondary N) is 3. The van der Waals surface area contributed by atoms with Gasteiger partial charge in [0.15, 0.2) is 0 Å². The van der Waals surface area contributed by atoms with Gasteiger partial charge in [-0.1, -0.05) is 36.4 Å². The first-order valence-corrected chi connectivity index (χ1v) is 11.7. The summed E-state index contributed by atoms with van der Waals surface area (Å²) in [5.74, 6) is 0.413. The van der Waals surface area contributed by atoms with Crippen molar-refractivity contribution in [3.8, 4) is 0 Å². The molecule has 0 aliphatic heterocycles. The SMILES string of the molecule is Cc1ccc(C)c(S(=O)(=O)Nc2ccccc2C(=O)NCCc2nc3ccccc3[nH]2)c1. The average Bonchev–Trinajstić information content (AvgIpc) is 3.18. The van der Waals surface area contributed by atoms with Gasteiger partial charge < -0.3 is 10.3 Å². The number of rotatable bonds is 7. The quantitative estimate of drug-likeness (QED) is 0.398. The van der Waals surface area contributed by atoms with Gasteiger partial charge in [-0.3, -0.25) is 9.52 Å². The molecule has 3 aromatic carbocycles. The first kappa shape index (κ1) is 21.6. The maximum absolute atomic E-state index is 13.0. The highest BCUT2D eigenvalue weighted by molar-refractivity contribution is 7.92. The number of H-pyrrole nitrogens is 1. The summed E-state index contributed by atoms with van der Waals surface area (Å²) in [6.45, 7) is 3.93. The van der Waals surface area contributed by atoms with Gasteiger partial charge in [-0.05, 0) is 55.3 Å². The Hall–Kier alpha value is -3.65. The van der Waals surface area contributed by atoms with Gasteiger partial charge >= 0.3 is 0 Å². The molecule has 4 rings (SSSR count). The molecule has 1 amide bonds. The summed E-state index contributed by atoms with van der Waals surface area (Å²) in [4.78, 5) is 20.7. The van der Waals surface area contributed by atoms with Gasteiger partial charge in [-0.2, -0.15) is 0 Å². The van der Waals surface area contributed by atoms with E-state index in [1.54, 1.807) is 43.3 Å². The number of amides is 1. The fourth-order valence-electron chi connectivity index (χ4n) is 3.48. The van der Waals surface area contributed by atoms with Gasteiger partial charge in [0, 0.05) is 13.0 Å². The number of carbonyl (C=O) groups is 1. The van der Waals surface area contributed by atoms with Gasteiger partial charge in [0.25, 0.3) is 15.9 Å². The van der Waals surface area contributed by atoms with E-state index in [9.17, 15) is 13.2 Å². The van der Waals surface area contributed by atoms with Gasteiger partial charge in [0.05, 0.1) is 27.2 Å². The van der Waals surface area contributed by atoms with E-state index in [0.29, 0.717) is 18.5 Å². The number of para-hydroxylation sites is 3. The monoisotopic (exact) mass is 448 g/mol. The third-order valence-corrected chi connectivity index (χ3v) is 6.64. The van der Waals surface area contributed by atoms with Crippen LogP contribution >= 0.6 is 0 Å². The van der Waals surface area contributed by atoms with E-state index >= 15 is 0 Å². The van der Waals surface area contributed by atoms with Crippen molar-refractivity contribution in [2.75, 3.05) is 11.3 Å². The Bertz CT molecular complexity index is 1360. The molecule has 0 bridgehead atoms. The third kappa shape index (κ3) is 4.65. The normalized spacial score (nSPS) is 11.4. The highest BCUT2D eigenvalue weighted by Gasteiger charge is 2.20. The molecule has 8 heteroatoms. The molecule has 1 aromatic heterocycles. The number of aromatic amines is 1. The Morgan fingerprint density at radius 3 is 2.56 bits per heavy atom. The van der Waals surface area contributed by atoms with Gasteiger partial charge in [0.2, 0.25) is 0 Å². The topological polar surface area (TPSA) is 104 Å². The van der Waals surface area contributed by atoms with E-state index in [4.69, 9.17) is 0 Å². The van der Waals surface area contributed by atoms with Gasteiger partial charge in [0.1, 0.15) is 5.82 Å². The summed E-state index contributed by atoms with van der Waals surface area (Å²) in [5.41, 5.74) is 3.78. The first-order valence-electron chi connectivity index (χ1n) is 10.2. The van der Waals surface area contributed by atoms with Crippen molar-refractivity contribution < 1.29 is 13.2 Å². The van der Waals surface area contributed by atoms with Crippen LogP contribution in [0.4, 0.5) is 5.69 Å². The zero-order chi connectivity index (χ0) is 22.7. The number of sulfonamides is 1. The van der Waals surface area contributed by atoms with Crippen LogP contribution < -0.4 is 10.0 Å². The zero-order valence-electron chi connectivity index (χ0n) is 17.8. The number of aromatic nitrogens is 2. The first-order chi connectivity index (χ1) is 15.3. The number of hydrogen-bond donors (Lipinski definition) is 3. The lowest BCUT2D eigenvalue weighted by Crippen LogP contribution is -2.27. The van der Waals surface area contributed by atoms with Crippen molar-refractivity contribution in [2.24, 2.45) is 0 Å². The Morgan fingerprint density at radius 1 is 1.00 bits per heavy atom. The lowest BCUT2D eigenvalue weighted by atomic mass is 10.1. The maximum Gasteiger partial charge on any atom is 0.262 e. The summed E-state index contributed by atoms with van der Waals surface area (Å²) < 4.78 is 28.5. The van der Waals surface area contributed by atoms with Crippen LogP contribution in [0.5, 0.6) is 0 Å². The maximum atomic E-state index is 13.0. The third-order valence-electron chi connectivity index (χ3n) is 5.13. The van der Waals surface area contributed by atoms with Crippen LogP contribution in [-0.2, 0) is 16.4 Å². The van der Waals surface area contributed by atoms with E-state index in [1.807, 2.05) is 37.3 Å². The van der Waals surface area contributed by atoms with Crippen molar-refractivity contribution in [1.82, 2.24) is 15.3 Å². The largest absolute Gasteiger partial charge is 0.352 e. The Balaban J connectivity index is 1.47. The summed E-state index contributed by atoms with van der Waals surface area (Å²) >= 11 is 0. The standard InChI is InChI=1S/C24H24N4O3S/c1-16-11-12-17(2)22(15-16)32(30,31)28-19-8-4-3-7-18(19)24(29)25-14-13-23-26-20-9-5-6-10-21(20)27-23/h3-12,15,28H,13-14H2,1-2H3,(H,25,29)(H,26,27). The lowest BCUT2D eigenvalue weighted by Gasteiger charge is -2.14. The minimum Gasteiger partial charge on any atom is -0.352 e. The number of anilines is 1. The van der Waals surface area contributed by atoms with E-state index < -0.39 is 10.0 Å². The molecule has 1 heterocycles. The molecule has 0 aliphatic rings. The highest BCUT2D eigenvalue weighted by atomic mass is 32.2. The zero-order valence-corrected chi connectivity index (χ0v) is 18.7. The van der Waals surface area contributed by atoms with Crippen LogP contribution in [0.3, 0.4) is 0 Å². The van der Waals surface area contributed by atoms with Crippen molar-refractivity contribution in [1.29, 1.82) is 0 Å². The molecule has 164 valence electrons. The minimum absolute atomic E-state index is 0.192.